The number of benzene rings is 1. The van der Waals surface area contributed by atoms with Crippen molar-refractivity contribution in [1.82, 2.24) is 0 Å². The van der Waals surface area contributed by atoms with Crippen LogP contribution < -0.4 is 0 Å². The van der Waals surface area contributed by atoms with Gasteiger partial charge in [0.25, 0.3) is 10.1 Å². The fraction of sp³-hybridized carbons (Fsp3) is 0.571. The molecule has 0 aliphatic carbocycles. The lowest BCUT2D eigenvalue weighted by atomic mass is 10.1. The van der Waals surface area contributed by atoms with Crippen LogP contribution in [-0.2, 0) is 16.7 Å². The summed E-state index contributed by atoms with van der Waals surface area (Å²) in [5.41, 5.74) is 1.19. The van der Waals surface area contributed by atoms with Crippen molar-refractivity contribution in [3.63, 3.8) is 0 Å². The van der Waals surface area contributed by atoms with E-state index in [0.29, 0.717) is 23.9 Å². The Balaban J connectivity index is 2.53. The van der Waals surface area contributed by atoms with Gasteiger partial charge in [-0.25, -0.2) is 0 Å². The van der Waals surface area contributed by atoms with Gasteiger partial charge in [-0.1, -0.05) is 30.3 Å². The lowest BCUT2D eigenvalue weighted by Crippen LogP contribution is -2.46. The minimum Gasteiger partial charge on any atom is -0.391 e. The lowest BCUT2D eigenvalue weighted by Gasteiger charge is -2.34. The fourth-order valence-corrected chi connectivity index (χ4v) is 2.88. The van der Waals surface area contributed by atoms with Gasteiger partial charge in [0, 0.05) is 5.56 Å². The Morgan fingerprint density at radius 3 is 2.30 bits per heavy atom. The van der Waals surface area contributed by atoms with Gasteiger partial charge in [-0.3, -0.25) is 4.55 Å². The molecule has 20 heavy (non-hydrogen) atoms. The van der Waals surface area contributed by atoms with Crippen LogP contribution in [0, 0.1) is 0 Å². The van der Waals surface area contributed by atoms with Crippen LogP contribution in [0.2, 0.25) is 0 Å². The summed E-state index contributed by atoms with van der Waals surface area (Å²) in [7, 11) is -1.82. The molecule has 1 rings (SSSR count). The van der Waals surface area contributed by atoms with Crippen LogP contribution in [-0.4, -0.2) is 55.1 Å². The molecule has 0 radical (unpaired) electrons. The molecule has 0 amide bonds. The first-order chi connectivity index (χ1) is 9.35. The first-order valence-corrected chi connectivity index (χ1v) is 8.39. The zero-order chi connectivity index (χ0) is 15.1. The zero-order valence-electron chi connectivity index (χ0n) is 11.9. The van der Waals surface area contributed by atoms with E-state index in [9.17, 15) is 13.5 Å². The molecule has 6 heteroatoms. The number of likely N-dealkylation sites (N-methyl/N-ethyl adjacent to an activating group) is 1. The summed E-state index contributed by atoms with van der Waals surface area (Å²) in [6.45, 7) is 2.29. The van der Waals surface area contributed by atoms with Crippen LogP contribution in [0.4, 0.5) is 0 Å². The van der Waals surface area contributed by atoms with E-state index in [2.05, 4.69) is 7.05 Å². The Morgan fingerprint density at radius 2 is 1.75 bits per heavy atom. The highest BCUT2D eigenvalue weighted by Crippen LogP contribution is 2.13. The molecule has 1 atom stereocenters. The van der Waals surface area contributed by atoms with Crippen molar-refractivity contribution in [2.24, 2.45) is 0 Å². The summed E-state index contributed by atoms with van der Waals surface area (Å²) >= 11 is 0. The van der Waals surface area contributed by atoms with E-state index in [1.807, 2.05) is 30.3 Å². The molecule has 0 heterocycles. The highest BCUT2D eigenvalue weighted by atomic mass is 32.2. The Hall–Kier alpha value is -0.950. The molecule has 114 valence electrons. The normalized spacial score (nSPS) is 14.9. The number of nitrogens with zero attached hydrogens (tertiary/aromatic N) is 1. The van der Waals surface area contributed by atoms with Gasteiger partial charge in [0.15, 0.2) is 0 Å². The number of aliphatic hydroxyl groups is 1. The topological polar surface area (TPSA) is 74.6 Å². The molecule has 0 aliphatic rings. The standard InChI is InChI=1S/C14H23NO4S/c1-15(10-11-16,9-5-6-12-20(17,18)19)13-14-7-3-2-4-8-14/h2-4,7-8,16H,5-6,9-13H2,1H3/p+1. The van der Waals surface area contributed by atoms with E-state index in [1.54, 1.807) is 0 Å². The first-order valence-electron chi connectivity index (χ1n) is 6.78. The van der Waals surface area contributed by atoms with Gasteiger partial charge in [-0.05, 0) is 12.8 Å². The van der Waals surface area contributed by atoms with E-state index < -0.39 is 10.1 Å². The van der Waals surface area contributed by atoms with Gasteiger partial charge in [-0.2, -0.15) is 8.42 Å². The predicted octanol–water partition coefficient (Wildman–Crippen LogP) is 1.29. The van der Waals surface area contributed by atoms with Crippen molar-refractivity contribution in [3.8, 4) is 0 Å². The minimum absolute atomic E-state index is 0.0988. The number of quaternary nitrogens is 1. The monoisotopic (exact) mass is 302 g/mol. The molecule has 2 N–H and O–H groups in total. The summed E-state index contributed by atoms with van der Waals surface area (Å²) in [6, 6.07) is 10.0. The summed E-state index contributed by atoms with van der Waals surface area (Å²) in [4.78, 5) is 0. The molecule has 1 unspecified atom stereocenters. The van der Waals surface area contributed by atoms with Crippen molar-refractivity contribution in [2.45, 2.75) is 19.4 Å². The first kappa shape index (κ1) is 17.1. The van der Waals surface area contributed by atoms with Gasteiger partial charge in [0.05, 0.1) is 26.0 Å². The molecule has 0 fully saturated rings. The number of aliphatic hydroxyl groups excluding tert-OH is 1. The van der Waals surface area contributed by atoms with E-state index >= 15 is 0 Å². The summed E-state index contributed by atoms with van der Waals surface area (Å²) in [5, 5.41) is 9.21. The van der Waals surface area contributed by atoms with Crippen molar-refractivity contribution >= 4 is 10.1 Å². The average molecular weight is 302 g/mol. The van der Waals surface area contributed by atoms with E-state index in [1.165, 1.54) is 5.56 Å². The Morgan fingerprint density at radius 1 is 1.10 bits per heavy atom. The minimum atomic E-state index is -3.87. The number of hydrogen-bond donors (Lipinski definition) is 2. The van der Waals surface area contributed by atoms with Crippen molar-refractivity contribution in [2.75, 3.05) is 32.5 Å². The SMILES string of the molecule is C[N+](CCO)(CCCCS(=O)(=O)O)Cc1ccccc1. The largest absolute Gasteiger partial charge is 0.391 e. The summed E-state index contributed by atoms with van der Waals surface area (Å²) in [5.74, 6) is -0.197. The van der Waals surface area contributed by atoms with Gasteiger partial charge >= 0.3 is 0 Å². The van der Waals surface area contributed by atoms with Gasteiger partial charge in [-0.15, -0.1) is 0 Å². The van der Waals surface area contributed by atoms with Gasteiger partial charge < -0.3 is 9.59 Å². The van der Waals surface area contributed by atoms with E-state index in [-0.39, 0.29) is 12.4 Å². The molecule has 1 aromatic carbocycles. The van der Waals surface area contributed by atoms with Crippen LogP contribution in [0.3, 0.4) is 0 Å². The number of unbranched alkanes of at least 4 members (excludes halogenated alkanes) is 1. The molecule has 5 nitrogen and oxygen atoms in total. The maximum absolute atomic E-state index is 10.7. The number of hydrogen-bond acceptors (Lipinski definition) is 3. The summed E-state index contributed by atoms with van der Waals surface area (Å²) < 4.78 is 30.7. The van der Waals surface area contributed by atoms with E-state index in [0.717, 1.165) is 13.1 Å². The quantitative estimate of drug-likeness (QED) is 0.409. The third kappa shape index (κ3) is 7.00. The molecular formula is C14H24NO4S+. The molecular weight excluding hydrogens is 278 g/mol. The molecule has 1 aromatic rings. The number of rotatable bonds is 9. The fourth-order valence-electron chi connectivity index (χ4n) is 2.31. The molecule has 0 aromatic heterocycles. The van der Waals surface area contributed by atoms with Crippen LogP contribution in [0.1, 0.15) is 18.4 Å². The van der Waals surface area contributed by atoms with Crippen molar-refractivity contribution in [3.05, 3.63) is 35.9 Å². The predicted molar refractivity (Wildman–Crippen MR) is 78.8 cm³/mol. The Kier molecular flexibility index (Phi) is 6.61. The molecule has 0 aliphatic heterocycles. The van der Waals surface area contributed by atoms with Gasteiger partial charge in [0.2, 0.25) is 0 Å². The third-order valence-corrected chi connectivity index (χ3v) is 4.20. The highest BCUT2D eigenvalue weighted by molar-refractivity contribution is 7.85. The molecule has 0 bridgehead atoms. The van der Waals surface area contributed by atoms with Crippen LogP contribution in [0.5, 0.6) is 0 Å². The maximum atomic E-state index is 10.7. The molecule has 0 spiro atoms. The second kappa shape index (κ2) is 7.73. The third-order valence-electron chi connectivity index (χ3n) is 3.40. The van der Waals surface area contributed by atoms with Crippen molar-refractivity contribution in [1.29, 1.82) is 0 Å². The smallest absolute Gasteiger partial charge is 0.264 e. The van der Waals surface area contributed by atoms with Gasteiger partial charge in [0.1, 0.15) is 13.1 Å². The van der Waals surface area contributed by atoms with Crippen LogP contribution >= 0.6 is 0 Å². The second-order valence-electron chi connectivity index (χ2n) is 5.43. The van der Waals surface area contributed by atoms with E-state index in [4.69, 9.17) is 4.55 Å². The van der Waals surface area contributed by atoms with Crippen LogP contribution in [0.25, 0.3) is 0 Å². The second-order valence-corrected chi connectivity index (χ2v) is 7.00. The van der Waals surface area contributed by atoms with Crippen molar-refractivity contribution < 1.29 is 22.6 Å². The molecule has 0 saturated heterocycles. The zero-order valence-corrected chi connectivity index (χ0v) is 12.7. The molecule has 0 saturated carbocycles. The highest BCUT2D eigenvalue weighted by Gasteiger charge is 2.21. The average Bonchev–Trinajstić information content (AvgIpc) is 2.35. The Bertz CT molecular complexity index is 489. The summed E-state index contributed by atoms with van der Waals surface area (Å²) in [6.07, 6.45) is 1.13. The maximum Gasteiger partial charge on any atom is 0.264 e. The Labute approximate surface area is 121 Å². The van der Waals surface area contributed by atoms with Crippen LogP contribution in [0.15, 0.2) is 30.3 Å². The lowest BCUT2D eigenvalue weighted by molar-refractivity contribution is -0.923.